The van der Waals surface area contributed by atoms with Crippen molar-refractivity contribution in [2.24, 2.45) is 0 Å². The molecule has 1 N–H and O–H groups in total. The second-order valence-electron chi connectivity index (χ2n) is 4.24. The molecule has 0 atom stereocenters. The molecule has 1 heterocycles. The number of benzene rings is 1. The summed E-state index contributed by atoms with van der Waals surface area (Å²) >= 11 is 0.460. The number of carbonyl (C=O) groups is 1. The summed E-state index contributed by atoms with van der Waals surface area (Å²) in [6.45, 7) is 0.775. The number of aromatic nitrogens is 2. The summed E-state index contributed by atoms with van der Waals surface area (Å²) in [6.07, 6.45) is -4.50. The van der Waals surface area contributed by atoms with Crippen LogP contribution in [-0.4, -0.2) is 36.4 Å². The van der Waals surface area contributed by atoms with E-state index in [1.807, 2.05) is 0 Å². The molecule has 0 aliphatic heterocycles. The number of hydrogen-bond donors (Lipinski definition) is 1. The van der Waals surface area contributed by atoms with E-state index < -0.39 is 11.2 Å². The number of amides is 1. The summed E-state index contributed by atoms with van der Waals surface area (Å²) in [4.78, 5) is 11.8. The average molecular weight is 331 g/mol. The van der Waals surface area contributed by atoms with Gasteiger partial charge in [0.15, 0.2) is 0 Å². The summed E-state index contributed by atoms with van der Waals surface area (Å²) in [5.41, 5.74) is 0.877. The van der Waals surface area contributed by atoms with Crippen molar-refractivity contribution in [1.82, 2.24) is 15.5 Å². The highest BCUT2D eigenvalue weighted by atomic mass is 32.1. The lowest BCUT2D eigenvalue weighted by atomic mass is 10.1. The standard InChI is InChI=1S/C13H12F3N3O2S/c1-21-7-6-17-10(20)8-2-4-9(5-3-8)11-18-19-12(22-11)13(14,15)16/h2-5H,6-7H2,1H3,(H,17,20). The number of methoxy groups -OCH3 is 1. The van der Waals surface area contributed by atoms with Gasteiger partial charge in [-0.05, 0) is 12.1 Å². The first-order valence-electron chi connectivity index (χ1n) is 6.20. The minimum atomic E-state index is -4.50. The van der Waals surface area contributed by atoms with E-state index in [1.54, 1.807) is 0 Å². The van der Waals surface area contributed by atoms with Gasteiger partial charge >= 0.3 is 6.18 Å². The van der Waals surface area contributed by atoms with Crippen LogP contribution in [0.5, 0.6) is 0 Å². The molecule has 2 rings (SSSR count). The van der Waals surface area contributed by atoms with Crippen molar-refractivity contribution in [1.29, 1.82) is 0 Å². The van der Waals surface area contributed by atoms with Crippen LogP contribution < -0.4 is 5.32 Å². The highest BCUT2D eigenvalue weighted by Gasteiger charge is 2.35. The van der Waals surface area contributed by atoms with Crippen molar-refractivity contribution in [2.75, 3.05) is 20.3 Å². The topological polar surface area (TPSA) is 64.1 Å². The molecule has 1 aromatic carbocycles. The number of rotatable bonds is 5. The molecular weight excluding hydrogens is 319 g/mol. The Morgan fingerprint density at radius 2 is 1.95 bits per heavy atom. The average Bonchev–Trinajstić information content (AvgIpc) is 2.97. The van der Waals surface area contributed by atoms with E-state index in [-0.39, 0.29) is 10.9 Å². The van der Waals surface area contributed by atoms with E-state index in [4.69, 9.17) is 4.74 Å². The van der Waals surface area contributed by atoms with Gasteiger partial charge in [-0.25, -0.2) is 0 Å². The SMILES string of the molecule is COCCNC(=O)c1ccc(-c2nnc(C(F)(F)F)s2)cc1. The van der Waals surface area contributed by atoms with Crippen molar-refractivity contribution in [3.05, 3.63) is 34.8 Å². The number of nitrogens with one attached hydrogen (secondary N) is 1. The summed E-state index contributed by atoms with van der Waals surface area (Å²) in [7, 11) is 1.53. The molecule has 0 saturated carbocycles. The fourth-order valence-electron chi connectivity index (χ4n) is 1.59. The lowest BCUT2D eigenvalue weighted by Crippen LogP contribution is -2.26. The van der Waals surface area contributed by atoms with Gasteiger partial charge in [0, 0.05) is 24.8 Å². The van der Waals surface area contributed by atoms with Crippen molar-refractivity contribution in [2.45, 2.75) is 6.18 Å². The van der Waals surface area contributed by atoms with Crippen LogP contribution in [0.3, 0.4) is 0 Å². The maximum atomic E-state index is 12.5. The third-order valence-corrected chi connectivity index (χ3v) is 3.67. The Bertz CT molecular complexity index is 641. The van der Waals surface area contributed by atoms with Crippen LogP contribution >= 0.6 is 11.3 Å². The first kappa shape index (κ1) is 16.4. The Balaban J connectivity index is 2.08. The summed E-state index contributed by atoms with van der Waals surface area (Å²) in [5.74, 6) is -0.281. The van der Waals surface area contributed by atoms with E-state index in [9.17, 15) is 18.0 Å². The number of nitrogens with zero attached hydrogens (tertiary/aromatic N) is 2. The first-order chi connectivity index (χ1) is 10.4. The van der Waals surface area contributed by atoms with Gasteiger partial charge in [0.2, 0.25) is 5.01 Å². The van der Waals surface area contributed by atoms with Gasteiger partial charge in [-0.1, -0.05) is 23.5 Å². The molecule has 2 aromatic rings. The highest BCUT2D eigenvalue weighted by Crippen LogP contribution is 2.34. The Morgan fingerprint density at radius 3 is 2.50 bits per heavy atom. The van der Waals surface area contributed by atoms with Gasteiger partial charge in [0.25, 0.3) is 5.91 Å². The zero-order valence-corrected chi connectivity index (χ0v) is 12.3. The fraction of sp³-hybridized carbons (Fsp3) is 0.308. The predicted molar refractivity (Wildman–Crippen MR) is 74.6 cm³/mol. The largest absolute Gasteiger partial charge is 0.445 e. The molecule has 0 aliphatic carbocycles. The molecule has 9 heteroatoms. The minimum absolute atomic E-state index is 0.152. The van der Waals surface area contributed by atoms with E-state index >= 15 is 0 Å². The second kappa shape index (κ2) is 6.84. The van der Waals surface area contributed by atoms with E-state index in [0.29, 0.717) is 35.6 Å². The molecule has 1 amide bonds. The lowest BCUT2D eigenvalue weighted by Gasteiger charge is -2.04. The fourth-order valence-corrected chi connectivity index (χ4v) is 2.30. The quantitative estimate of drug-likeness (QED) is 0.856. The molecule has 0 aliphatic rings. The van der Waals surface area contributed by atoms with Gasteiger partial charge in [-0.3, -0.25) is 4.79 Å². The van der Waals surface area contributed by atoms with Crippen molar-refractivity contribution in [3.63, 3.8) is 0 Å². The van der Waals surface area contributed by atoms with Crippen LogP contribution in [0.4, 0.5) is 13.2 Å². The van der Waals surface area contributed by atoms with Crippen LogP contribution in [0.2, 0.25) is 0 Å². The number of alkyl halides is 3. The Morgan fingerprint density at radius 1 is 1.27 bits per heavy atom. The van der Waals surface area contributed by atoms with E-state index in [1.165, 1.54) is 31.4 Å². The normalized spacial score (nSPS) is 11.5. The molecule has 5 nitrogen and oxygen atoms in total. The van der Waals surface area contributed by atoms with Crippen molar-refractivity contribution in [3.8, 4) is 10.6 Å². The molecule has 0 spiro atoms. The number of carbonyl (C=O) groups excluding carboxylic acids is 1. The van der Waals surface area contributed by atoms with Gasteiger partial charge in [0.1, 0.15) is 5.01 Å². The Labute approximate surface area is 128 Å². The van der Waals surface area contributed by atoms with Crippen LogP contribution in [0.25, 0.3) is 10.6 Å². The van der Waals surface area contributed by atoms with Gasteiger partial charge < -0.3 is 10.1 Å². The molecule has 0 fully saturated rings. The second-order valence-corrected chi connectivity index (χ2v) is 5.21. The first-order valence-corrected chi connectivity index (χ1v) is 7.01. The lowest BCUT2D eigenvalue weighted by molar-refractivity contribution is -0.138. The Kier molecular flexibility index (Phi) is 5.09. The Hall–Kier alpha value is -2.00. The predicted octanol–water partition coefficient (Wildman–Crippen LogP) is 2.60. The van der Waals surface area contributed by atoms with Crippen molar-refractivity contribution < 1.29 is 22.7 Å². The maximum absolute atomic E-state index is 12.5. The zero-order valence-electron chi connectivity index (χ0n) is 11.5. The summed E-state index contributed by atoms with van der Waals surface area (Å²) in [6, 6.07) is 6.11. The number of hydrogen-bond acceptors (Lipinski definition) is 5. The molecule has 0 radical (unpaired) electrons. The molecule has 1 aromatic heterocycles. The van der Waals surface area contributed by atoms with E-state index in [2.05, 4.69) is 15.5 Å². The molecule has 0 saturated heterocycles. The van der Waals surface area contributed by atoms with Crippen LogP contribution in [-0.2, 0) is 10.9 Å². The molecule has 0 bridgehead atoms. The third-order valence-electron chi connectivity index (χ3n) is 2.65. The number of ether oxygens (including phenoxy) is 1. The molecule has 118 valence electrons. The number of halogens is 3. The highest BCUT2D eigenvalue weighted by molar-refractivity contribution is 7.14. The smallest absolute Gasteiger partial charge is 0.383 e. The summed E-state index contributed by atoms with van der Waals surface area (Å²) in [5, 5.41) is 8.44. The van der Waals surface area contributed by atoms with Gasteiger partial charge in [-0.2, -0.15) is 13.2 Å². The monoisotopic (exact) mass is 331 g/mol. The van der Waals surface area contributed by atoms with Crippen LogP contribution in [0.15, 0.2) is 24.3 Å². The van der Waals surface area contributed by atoms with Crippen LogP contribution in [0.1, 0.15) is 15.4 Å². The maximum Gasteiger partial charge on any atom is 0.445 e. The minimum Gasteiger partial charge on any atom is -0.383 e. The van der Waals surface area contributed by atoms with Crippen LogP contribution in [0, 0.1) is 0 Å². The van der Waals surface area contributed by atoms with Gasteiger partial charge in [0.05, 0.1) is 6.61 Å². The third kappa shape index (κ3) is 4.01. The molecular formula is C13H12F3N3O2S. The zero-order chi connectivity index (χ0) is 16.2. The molecule has 22 heavy (non-hydrogen) atoms. The van der Waals surface area contributed by atoms with E-state index in [0.717, 1.165) is 0 Å². The van der Waals surface area contributed by atoms with Gasteiger partial charge in [-0.15, -0.1) is 10.2 Å². The molecule has 0 unspecified atom stereocenters. The van der Waals surface area contributed by atoms with Crippen molar-refractivity contribution >= 4 is 17.2 Å². The summed E-state index contributed by atoms with van der Waals surface area (Å²) < 4.78 is 42.3.